The molecule has 1 fully saturated rings. The summed E-state index contributed by atoms with van der Waals surface area (Å²) in [5.41, 5.74) is 2.06. The fraction of sp³-hybridized carbons (Fsp3) is 0.409. The first-order valence-corrected chi connectivity index (χ1v) is 10.9. The van der Waals surface area contributed by atoms with E-state index in [0.717, 1.165) is 67.9 Å². The predicted octanol–water partition coefficient (Wildman–Crippen LogP) is 3.15. The smallest absolute Gasteiger partial charge is 0.191 e. The van der Waals surface area contributed by atoms with E-state index in [9.17, 15) is 0 Å². The normalized spacial score (nSPS) is 16.9. The maximum atomic E-state index is 6.14. The maximum Gasteiger partial charge on any atom is 0.191 e. The Hall–Kier alpha value is -2.80. The summed E-state index contributed by atoms with van der Waals surface area (Å²) in [6, 6.07) is 14.4. The number of hydrogen-bond acceptors (Lipinski definition) is 4. The molecule has 1 atom stereocenters. The number of hydrogen-bond donors (Lipinski definition) is 2. The van der Waals surface area contributed by atoms with Crippen LogP contribution < -0.4 is 15.5 Å². The molecule has 3 heterocycles. The summed E-state index contributed by atoms with van der Waals surface area (Å²) >= 11 is 6.14. The number of nitrogens with zero attached hydrogens (tertiary/aromatic N) is 5. The second-order valence-corrected chi connectivity index (χ2v) is 7.90. The first-order chi connectivity index (χ1) is 14.7. The molecule has 30 heavy (non-hydrogen) atoms. The van der Waals surface area contributed by atoms with Gasteiger partial charge in [-0.1, -0.05) is 23.7 Å². The third-order valence-electron chi connectivity index (χ3n) is 5.26. The van der Waals surface area contributed by atoms with E-state index in [1.807, 2.05) is 47.0 Å². The molecule has 0 spiro atoms. The number of fused-ring (bicyclic) bond motifs is 1. The minimum atomic E-state index is 0.363. The molecular formula is C22H28ClN7. The van der Waals surface area contributed by atoms with Crippen molar-refractivity contribution in [3.05, 3.63) is 59.5 Å². The Morgan fingerprint density at radius 3 is 3.03 bits per heavy atom. The second-order valence-electron chi connectivity index (χ2n) is 7.47. The van der Waals surface area contributed by atoms with Crippen molar-refractivity contribution in [2.24, 2.45) is 4.99 Å². The summed E-state index contributed by atoms with van der Waals surface area (Å²) in [6.07, 6.45) is 4.85. The van der Waals surface area contributed by atoms with Crippen LogP contribution in [-0.2, 0) is 6.42 Å². The van der Waals surface area contributed by atoms with Gasteiger partial charge in [0.25, 0.3) is 0 Å². The van der Waals surface area contributed by atoms with E-state index in [2.05, 4.69) is 38.7 Å². The van der Waals surface area contributed by atoms with Gasteiger partial charge in [0.05, 0.1) is 0 Å². The Bertz CT molecular complexity index is 1000. The summed E-state index contributed by atoms with van der Waals surface area (Å²) in [7, 11) is 0. The van der Waals surface area contributed by atoms with Crippen molar-refractivity contribution >= 4 is 28.9 Å². The van der Waals surface area contributed by atoms with Gasteiger partial charge in [-0.25, -0.2) is 0 Å². The number of rotatable bonds is 7. The second kappa shape index (κ2) is 9.80. The molecule has 1 aliphatic heterocycles. The molecular weight excluding hydrogens is 398 g/mol. The highest BCUT2D eigenvalue weighted by molar-refractivity contribution is 6.30. The van der Waals surface area contributed by atoms with E-state index in [-0.39, 0.29) is 0 Å². The zero-order valence-electron chi connectivity index (χ0n) is 17.3. The summed E-state index contributed by atoms with van der Waals surface area (Å²) in [5, 5.41) is 16.2. The van der Waals surface area contributed by atoms with Crippen LogP contribution in [0.15, 0.2) is 53.7 Å². The lowest BCUT2D eigenvalue weighted by atomic mass is 10.2. The molecule has 4 rings (SSSR count). The molecule has 2 aromatic heterocycles. The molecule has 7 nitrogen and oxygen atoms in total. The number of nitrogens with one attached hydrogen (secondary N) is 2. The van der Waals surface area contributed by atoms with Gasteiger partial charge in [-0.2, -0.15) is 0 Å². The van der Waals surface area contributed by atoms with Gasteiger partial charge in [-0.05, 0) is 50.1 Å². The lowest BCUT2D eigenvalue weighted by Gasteiger charge is -2.20. The van der Waals surface area contributed by atoms with Gasteiger partial charge in [-0.3, -0.25) is 9.39 Å². The van der Waals surface area contributed by atoms with Gasteiger partial charge in [0.15, 0.2) is 11.6 Å². The SMILES string of the molecule is CCNC(=NCCCc1nnc2ccccn12)NC1CCN(c2cccc(Cl)c2)C1. The minimum absolute atomic E-state index is 0.363. The molecule has 3 aromatic rings. The molecule has 1 unspecified atom stereocenters. The summed E-state index contributed by atoms with van der Waals surface area (Å²) in [5.74, 6) is 1.85. The van der Waals surface area contributed by atoms with Crippen molar-refractivity contribution in [3.8, 4) is 0 Å². The quantitative estimate of drug-likeness (QED) is 0.345. The molecule has 2 N–H and O–H groups in total. The Morgan fingerprint density at radius 2 is 2.17 bits per heavy atom. The fourth-order valence-corrected chi connectivity index (χ4v) is 3.97. The predicted molar refractivity (Wildman–Crippen MR) is 122 cm³/mol. The van der Waals surface area contributed by atoms with Crippen molar-refractivity contribution < 1.29 is 0 Å². The highest BCUT2D eigenvalue weighted by atomic mass is 35.5. The first-order valence-electron chi connectivity index (χ1n) is 10.6. The van der Waals surface area contributed by atoms with Crippen LogP contribution in [0.3, 0.4) is 0 Å². The van der Waals surface area contributed by atoms with E-state index < -0.39 is 0 Å². The standard InChI is InChI=1S/C22H28ClN7/c1-2-24-22(25-12-6-10-21-28-27-20-9-3-4-13-30(20)21)26-18-11-14-29(16-18)19-8-5-7-17(23)15-19/h3-5,7-9,13,15,18H,2,6,10-12,14,16H2,1H3,(H2,24,25,26). The fourth-order valence-electron chi connectivity index (χ4n) is 3.79. The van der Waals surface area contributed by atoms with Crippen molar-refractivity contribution in [1.82, 2.24) is 25.2 Å². The number of aliphatic imine (C=N–C) groups is 1. The van der Waals surface area contributed by atoms with Gasteiger partial charge in [0.2, 0.25) is 0 Å². The molecule has 1 saturated heterocycles. The number of halogens is 1. The largest absolute Gasteiger partial charge is 0.369 e. The van der Waals surface area contributed by atoms with Crippen molar-refractivity contribution in [3.63, 3.8) is 0 Å². The van der Waals surface area contributed by atoms with Crippen LogP contribution in [0.1, 0.15) is 25.6 Å². The lowest BCUT2D eigenvalue weighted by Crippen LogP contribution is -2.44. The van der Waals surface area contributed by atoms with Crippen LogP contribution in [0.5, 0.6) is 0 Å². The maximum absolute atomic E-state index is 6.14. The van der Waals surface area contributed by atoms with E-state index in [0.29, 0.717) is 6.04 Å². The third kappa shape index (κ3) is 5.02. The average molecular weight is 426 g/mol. The van der Waals surface area contributed by atoms with Crippen LogP contribution in [-0.4, -0.2) is 52.8 Å². The minimum Gasteiger partial charge on any atom is -0.369 e. The number of pyridine rings is 1. The number of aromatic nitrogens is 3. The van der Waals surface area contributed by atoms with Gasteiger partial charge in [0, 0.05) is 55.5 Å². The van der Waals surface area contributed by atoms with Crippen molar-refractivity contribution in [2.75, 3.05) is 31.1 Å². The molecule has 0 saturated carbocycles. The highest BCUT2D eigenvalue weighted by Crippen LogP contribution is 2.23. The summed E-state index contributed by atoms with van der Waals surface area (Å²) < 4.78 is 2.04. The van der Waals surface area contributed by atoms with Gasteiger partial charge >= 0.3 is 0 Å². The molecule has 0 bridgehead atoms. The van der Waals surface area contributed by atoms with Gasteiger partial charge in [0.1, 0.15) is 5.82 Å². The van der Waals surface area contributed by atoms with Crippen LogP contribution >= 0.6 is 11.6 Å². The average Bonchev–Trinajstić information content (AvgIpc) is 3.38. The molecule has 8 heteroatoms. The van der Waals surface area contributed by atoms with E-state index in [4.69, 9.17) is 16.6 Å². The molecule has 158 valence electrons. The van der Waals surface area contributed by atoms with Crippen LogP contribution in [0.4, 0.5) is 5.69 Å². The Morgan fingerprint density at radius 1 is 1.23 bits per heavy atom. The first kappa shape index (κ1) is 20.5. The van der Waals surface area contributed by atoms with Crippen molar-refractivity contribution in [1.29, 1.82) is 0 Å². The summed E-state index contributed by atoms with van der Waals surface area (Å²) in [4.78, 5) is 7.13. The lowest BCUT2D eigenvalue weighted by molar-refractivity contribution is 0.646. The van der Waals surface area contributed by atoms with Crippen molar-refractivity contribution in [2.45, 2.75) is 32.2 Å². The molecule has 0 amide bonds. The van der Waals surface area contributed by atoms with Gasteiger partial charge in [-0.15, -0.1) is 10.2 Å². The zero-order chi connectivity index (χ0) is 20.8. The number of guanidine groups is 1. The van der Waals surface area contributed by atoms with Crippen LogP contribution in [0, 0.1) is 0 Å². The third-order valence-corrected chi connectivity index (χ3v) is 5.49. The molecule has 0 aliphatic carbocycles. The number of benzene rings is 1. The highest BCUT2D eigenvalue weighted by Gasteiger charge is 2.23. The number of anilines is 1. The van der Waals surface area contributed by atoms with E-state index in [1.54, 1.807) is 0 Å². The van der Waals surface area contributed by atoms with Gasteiger partial charge < -0.3 is 15.5 Å². The Balaban J connectivity index is 1.29. The molecule has 1 aromatic carbocycles. The Labute approximate surface area is 182 Å². The van der Waals surface area contributed by atoms with Crippen LogP contribution in [0.25, 0.3) is 5.65 Å². The zero-order valence-corrected chi connectivity index (χ0v) is 18.0. The molecule has 0 radical (unpaired) electrons. The number of aryl methyl sites for hydroxylation is 1. The monoisotopic (exact) mass is 425 g/mol. The van der Waals surface area contributed by atoms with Crippen LogP contribution in [0.2, 0.25) is 5.02 Å². The summed E-state index contributed by atoms with van der Waals surface area (Å²) in [6.45, 7) is 5.62. The molecule has 1 aliphatic rings. The topological polar surface area (TPSA) is 69.8 Å². The van der Waals surface area contributed by atoms with E-state index in [1.165, 1.54) is 5.69 Å². The Kier molecular flexibility index (Phi) is 6.69. The van der Waals surface area contributed by atoms with E-state index >= 15 is 0 Å².